The Kier molecular flexibility index (Phi) is 7.42. The summed E-state index contributed by atoms with van der Waals surface area (Å²) < 4.78 is 9.94. The minimum atomic E-state index is -0.968. The number of carbonyl (C=O) groups is 2. The van der Waals surface area contributed by atoms with E-state index in [-0.39, 0.29) is 12.5 Å². The first-order chi connectivity index (χ1) is 10.1. The number of hydrogen-bond donors (Lipinski definition) is 2. The summed E-state index contributed by atoms with van der Waals surface area (Å²) in [7, 11) is 1.55. The van der Waals surface area contributed by atoms with E-state index in [0.717, 1.165) is 5.56 Å². The zero-order valence-electron chi connectivity index (χ0n) is 12.2. The summed E-state index contributed by atoms with van der Waals surface area (Å²) in [5, 5.41) is 11.9. The fourth-order valence-electron chi connectivity index (χ4n) is 1.82. The van der Waals surface area contributed by atoms with E-state index in [4.69, 9.17) is 9.47 Å². The summed E-state index contributed by atoms with van der Waals surface area (Å²) in [6.45, 7) is 2.15. The lowest BCUT2D eigenvalue weighted by atomic mass is 9.94. The number of nitrogens with one attached hydrogen (secondary N) is 1. The van der Waals surface area contributed by atoms with Crippen molar-refractivity contribution in [2.24, 2.45) is 5.92 Å². The van der Waals surface area contributed by atoms with Gasteiger partial charge in [0.1, 0.15) is 6.61 Å². The van der Waals surface area contributed by atoms with Gasteiger partial charge in [0.2, 0.25) is 5.91 Å². The van der Waals surface area contributed by atoms with Crippen molar-refractivity contribution in [2.45, 2.75) is 13.0 Å². The third-order valence-electron chi connectivity index (χ3n) is 3.03. The van der Waals surface area contributed by atoms with Crippen LogP contribution in [0.1, 0.15) is 18.5 Å². The molecule has 0 aliphatic heterocycles. The van der Waals surface area contributed by atoms with Crippen molar-refractivity contribution >= 4 is 11.9 Å². The molecule has 6 nitrogen and oxygen atoms in total. The quantitative estimate of drug-likeness (QED) is 0.669. The standard InChI is InChI=1S/C15H21NO5/c1-11(15(18)19)14(12-6-4-3-5-7-12)16-13(17)10-21-9-8-20-2/h3-7,11,14H,8-10H2,1-2H3,(H,16,17)(H,18,19). The first kappa shape index (κ1) is 17.1. The summed E-state index contributed by atoms with van der Waals surface area (Å²) in [6.07, 6.45) is 0. The van der Waals surface area contributed by atoms with Crippen molar-refractivity contribution in [3.05, 3.63) is 35.9 Å². The summed E-state index contributed by atoms with van der Waals surface area (Å²) in [6, 6.07) is 8.42. The summed E-state index contributed by atoms with van der Waals surface area (Å²) in [5.41, 5.74) is 0.748. The Morgan fingerprint density at radius 1 is 1.24 bits per heavy atom. The molecule has 0 fully saturated rings. The minimum absolute atomic E-state index is 0.126. The molecule has 1 aromatic carbocycles. The van der Waals surface area contributed by atoms with Gasteiger partial charge in [-0.15, -0.1) is 0 Å². The number of carboxylic acids is 1. The maximum Gasteiger partial charge on any atom is 0.308 e. The van der Waals surface area contributed by atoms with Gasteiger partial charge >= 0.3 is 5.97 Å². The van der Waals surface area contributed by atoms with E-state index in [9.17, 15) is 14.7 Å². The highest BCUT2D eigenvalue weighted by Crippen LogP contribution is 2.22. The van der Waals surface area contributed by atoms with Crippen molar-refractivity contribution in [1.29, 1.82) is 0 Å². The van der Waals surface area contributed by atoms with Crippen LogP contribution in [0.4, 0.5) is 0 Å². The molecule has 116 valence electrons. The predicted molar refractivity (Wildman–Crippen MR) is 76.8 cm³/mol. The average Bonchev–Trinajstić information content (AvgIpc) is 2.49. The van der Waals surface area contributed by atoms with Crippen molar-refractivity contribution in [3.63, 3.8) is 0 Å². The van der Waals surface area contributed by atoms with E-state index in [1.54, 1.807) is 38.3 Å². The van der Waals surface area contributed by atoms with Gasteiger partial charge in [-0.3, -0.25) is 9.59 Å². The van der Waals surface area contributed by atoms with Gasteiger partial charge < -0.3 is 19.9 Å². The van der Waals surface area contributed by atoms with Crippen molar-refractivity contribution in [3.8, 4) is 0 Å². The molecule has 0 saturated heterocycles. The number of carbonyl (C=O) groups excluding carboxylic acids is 1. The molecule has 0 bridgehead atoms. The average molecular weight is 295 g/mol. The molecule has 6 heteroatoms. The van der Waals surface area contributed by atoms with Crippen molar-refractivity contribution in [1.82, 2.24) is 5.32 Å². The smallest absolute Gasteiger partial charge is 0.308 e. The summed E-state index contributed by atoms with van der Waals surface area (Å²) >= 11 is 0. The lowest BCUT2D eigenvalue weighted by Gasteiger charge is -2.23. The number of ether oxygens (including phenoxy) is 2. The molecular formula is C15H21NO5. The summed E-state index contributed by atoms with van der Waals surface area (Å²) in [4.78, 5) is 23.0. The molecule has 2 unspecified atom stereocenters. The van der Waals surface area contributed by atoms with E-state index >= 15 is 0 Å². The Morgan fingerprint density at radius 3 is 2.48 bits per heavy atom. The van der Waals surface area contributed by atoms with Gasteiger partial charge in [0.25, 0.3) is 0 Å². The van der Waals surface area contributed by atoms with Crippen molar-refractivity contribution in [2.75, 3.05) is 26.9 Å². The van der Waals surface area contributed by atoms with Crippen LogP contribution in [-0.4, -0.2) is 43.9 Å². The lowest BCUT2D eigenvalue weighted by Crippen LogP contribution is -2.37. The Bertz CT molecular complexity index is 449. The molecular weight excluding hydrogens is 274 g/mol. The molecule has 0 heterocycles. The number of amides is 1. The molecule has 0 saturated carbocycles. The van der Waals surface area contributed by atoms with Crippen LogP contribution in [0.25, 0.3) is 0 Å². The molecule has 0 spiro atoms. The number of carboxylic acid groups (broad SMARTS) is 1. The fourth-order valence-corrected chi connectivity index (χ4v) is 1.82. The predicted octanol–water partition coefficient (Wildman–Crippen LogP) is 1.23. The number of aliphatic carboxylic acids is 1. The minimum Gasteiger partial charge on any atom is -0.481 e. The number of hydrogen-bond acceptors (Lipinski definition) is 4. The fraction of sp³-hybridized carbons (Fsp3) is 0.467. The maximum atomic E-state index is 11.8. The van der Waals surface area contributed by atoms with Crippen LogP contribution >= 0.6 is 0 Å². The van der Waals surface area contributed by atoms with Crippen LogP contribution in [0.5, 0.6) is 0 Å². The molecule has 0 aromatic heterocycles. The van der Waals surface area contributed by atoms with Gasteiger partial charge in [0.05, 0.1) is 25.2 Å². The normalized spacial score (nSPS) is 13.4. The lowest BCUT2D eigenvalue weighted by molar-refractivity contribution is -0.142. The third-order valence-corrected chi connectivity index (χ3v) is 3.03. The van der Waals surface area contributed by atoms with Gasteiger partial charge in [-0.1, -0.05) is 30.3 Å². The topological polar surface area (TPSA) is 84.9 Å². The maximum absolute atomic E-state index is 11.8. The second kappa shape index (κ2) is 9.10. The van der Waals surface area contributed by atoms with Crippen LogP contribution < -0.4 is 5.32 Å². The van der Waals surface area contributed by atoms with Crippen LogP contribution in [0.2, 0.25) is 0 Å². The summed E-state index contributed by atoms with van der Waals surface area (Å²) in [5.74, 6) is -2.06. The molecule has 0 aliphatic rings. The highest BCUT2D eigenvalue weighted by Gasteiger charge is 2.26. The molecule has 0 radical (unpaired) electrons. The Labute approximate surface area is 124 Å². The zero-order chi connectivity index (χ0) is 15.7. The van der Waals surface area contributed by atoms with E-state index in [0.29, 0.717) is 13.2 Å². The number of benzene rings is 1. The SMILES string of the molecule is COCCOCC(=O)NC(c1ccccc1)C(C)C(=O)O. The second-order valence-electron chi connectivity index (χ2n) is 4.63. The van der Waals surface area contributed by atoms with Gasteiger partial charge in [0, 0.05) is 7.11 Å². The van der Waals surface area contributed by atoms with Gasteiger partial charge in [-0.25, -0.2) is 0 Å². The van der Waals surface area contributed by atoms with Crippen LogP contribution in [0.3, 0.4) is 0 Å². The first-order valence-corrected chi connectivity index (χ1v) is 6.70. The highest BCUT2D eigenvalue weighted by molar-refractivity contribution is 5.79. The van der Waals surface area contributed by atoms with Crippen LogP contribution in [0, 0.1) is 5.92 Å². The van der Waals surface area contributed by atoms with Crippen LogP contribution in [0.15, 0.2) is 30.3 Å². The highest BCUT2D eigenvalue weighted by atomic mass is 16.5. The number of methoxy groups -OCH3 is 1. The molecule has 21 heavy (non-hydrogen) atoms. The third kappa shape index (κ3) is 5.93. The van der Waals surface area contributed by atoms with E-state index < -0.39 is 17.9 Å². The van der Waals surface area contributed by atoms with Crippen molar-refractivity contribution < 1.29 is 24.2 Å². The van der Waals surface area contributed by atoms with Gasteiger partial charge in [-0.05, 0) is 12.5 Å². The largest absolute Gasteiger partial charge is 0.481 e. The molecule has 0 aliphatic carbocycles. The Hall–Kier alpha value is -1.92. The van der Waals surface area contributed by atoms with Gasteiger partial charge in [-0.2, -0.15) is 0 Å². The molecule has 1 aromatic rings. The van der Waals surface area contributed by atoms with E-state index in [1.165, 1.54) is 0 Å². The molecule has 1 amide bonds. The number of rotatable bonds is 9. The molecule has 1 rings (SSSR count). The Morgan fingerprint density at radius 2 is 1.90 bits per heavy atom. The first-order valence-electron chi connectivity index (χ1n) is 6.70. The van der Waals surface area contributed by atoms with Gasteiger partial charge in [0.15, 0.2) is 0 Å². The molecule has 2 N–H and O–H groups in total. The second-order valence-corrected chi connectivity index (χ2v) is 4.63. The van der Waals surface area contributed by atoms with E-state index in [2.05, 4.69) is 5.32 Å². The monoisotopic (exact) mass is 295 g/mol. The van der Waals surface area contributed by atoms with E-state index in [1.807, 2.05) is 6.07 Å². The molecule has 2 atom stereocenters. The Balaban J connectivity index is 2.66. The zero-order valence-corrected chi connectivity index (χ0v) is 12.2. The van der Waals surface area contributed by atoms with Crippen LogP contribution in [-0.2, 0) is 19.1 Å².